The quantitative estimate of drug-likeness (QED) is 0.707. The maximum atomic E-state index is 11.9. The van der Waals surface area contributed by atoms with Crippen LogP contribution in [0.4, 0.5) is 0 Å². The van der Waals surface area contributed by atoms with Gasteiger partial charge in [-0.25, -0.2) is 0 Å². The van der Waals surface area contributed by atoms with Gasteiger partial charge in [0.15, 0.2) is 5.79 Å². The average molecular weight is 257 g/mol. The molecular weight excluding hydrogens is 234 g/mol. The maximum Gasteiger partial charge on any atom is 0.323 e. The zero-order valence-corrected chi connectivity index (χ0v) is 11.3. The molecule has 1 spiro atoms. The molecule has 1 unspecified atom stereocenters. The van der Waals surface area contributed by atoms with E-state index in [0.29, 0.717) is 19.8 Å². The van der Waals surface area contributed by atoms with Crippen LogP contribution < -0.4 is 0 Å². The third-order valence-electron chi connectivity index (χ3n) is 3.76. The Kier molecular flexibility index (Phi) is 4.59. The molecule has 0 saturated carbocycles. The van der Waals surface area contributed by atoms with E-state index in [2.05, 4.69) is 4.90 Å². The molecule has 2 rings (SSSR count). The Hall–Kier alpha value is -0.650. The van der Waals surface area contributed by atoms with Gasteiger partial charge in [-0.1, -0.05) is 6.92 Å². The van der Waals surface area contributed by atoms with Gasteiger partial charge < -0.3 is 14.2 Å². The molecule has 104 valence electrons. The highest BCUT2D eigenvalue weighted by Gasteiger charge is 2.42. The minimum atomic E-state index is -0.372. The highest BCUT2D eigenvalue weighted by atomic mass is 16.7. The lowest BCUT2D eigenvalue weighted by Crippen LogP contribution is -2.51. The topological polar surface area (TPSA) is 48.0 Å². The summed E-state index contributed by atoms with van der Waals surface area (Å²) in [5, 5.41) is 0. The number of piperidine rings is 1. The Morgan fingerprint density at radius 3 is 2.39 bits per heavy atom. The molecule has 0 N–H and O–H groups in total. The molecule has 0 aromatic carbocycles. The summed E-state index contributed by atoms with van der Waals surface area (Å²) < 4.78 is 16.5. The second-order valence-corrected chi connectivity index (χ2v) is 4.82. The molecule has 0 amide bonds. The van der Waals surface area contributed by atoms with Crippen molar-refractivity contribution >= 4 is 5.97 Å². The fourth-order valence-electron chi connectivity index (χ4n) is 2.77. The normalized spacial score (nSPS) is 25.2. The molecule has 0 bridgehead atoms. The van der Waals surface area contributed by atoms with Crippen LogP contribution in [-0.2, 0) is 19.0 Å². The first kappa shape index (κ1) is 13.8. The van der Waals surface area contributed by atoms with Crippen molar-refractivity contribution in [1.29, 1.82) is 0 Å². The van der Waals surface area contributed by atoms with Gasteiger partial charge >= 0.3 is 5.97 Å². The van der Waals surface area contributed by atoms with Crippen molar-refractivity contribution in [2.24, 2.45) is 0 Å². The highest BCUT2D eigenvalue weighted by molar-refractivity contribution is 5.75. The molecule has 0 aliphatic carbocycles. The molecule has 18 heavy (non-hydrogen) atoms. The van der Waals surface area contributed by atoms with E-state index in [4.69, 9.17) is 14.2 Å². The highest BCUT2D eigenvalue weighted by Crippen LogP contribution is 2.32. The van der Waals surface area contributed by atoms with E-state index in [-0.39, 0.29) is 17.8 Å². The molecule has 2 saturated heterocycles. The van der Waals surface area contributed by atoms with Crippen LogP contribution in [0.1, 0.15) is 33.1 Å². The van der Waals surface area contributed by atoms with Crippen LogP contribution in [0.2, 0.25) is 0 Å². The van der Waals surface area contributed by atoms with Crippen molar-refractivity contribution in [1.82, 2.24) is 4.90 Å². The van der Waals surface area contributed by atoms with Crippen LogP contribution in [0, 0.1) is 0 Å². The summed E-state index contributed by atoms with van der Waals surface area (Å²) >= 11 is 0. The van der Waals surface area contributed by atoms with Gasteiger partial charge in [-0.05, 0) is 13.3 Å². The number of hydrogen-bond donors (Lipinski definition) is 0. The Labute approximate surface area is 108 Å². The SMILES string of the molecule is CCOC(=O)C(CC)N1CCC2(CC1)OCCO2. The maximum absolute atomic E-state index is 11.9. The Balaban J connectivity index is 1.89. The zero-order valence-electron chi connectivity index (χ0n) is 11.3. The van der Waals surface area contributed by atoms with E-state index in [1.807, 2.05) is 13.8 Å². The zero-order chi connectivity index (χ0) is 13.0. The number of hydrogen-bond acceptors (Lipinski definition) is 5. The molecular formula is C13H23NO4. The number of esters is 1. The molecule has 2 heterocycles. The molecule has 0 aromatic rings. The van der Waals surface area contributed by atoms with Gasteiger partial charge in [0, 0.05) is 25.9 Å². The van der Waals surface area contributed by atoms with Gasteiger partial charge in [0.1, 0.15) is 6.04 Å². The van der Waals surface area contributed by atoms with Crippen LogP contribution in [-0.4, -0.2) is 55.6 Å². The summed E-state index contributed by atoms with van der Waals surface area (Å²) in [6, 6.07) is -0.122. The summed E-state index contributed by atoms with van der Waals surface area (Å²) in [6.45, 7) is 7.35. The number of ether oxygens (including phenoxy) is 3. The van der Waals surface area contributed by atoms with Gasteiger partial charge in [-0.3, -0.25) is 9.69 Å². The Morgan fingerprint density at radius 1 is 1.28 bits per heavy atom. The van der Waals surface area contributed by atoms with Crippen LogP contribution >= 0.6 is 0 Å². The minimum absolute atomic E-state index is 0.107. The first-order chi connectivity index (χ1) is 8.71. The summed E-state index contributed by atoms with van der Waals surface area (Å²) in [7, 11) is 0. The molecule has 5 nitrogen and oxygen atoms in total. The first-order valence-electron chi connectivity index (χ1n) is 6.89. The first-order valence-corrected chi connectivity index (χ1v) is 6.89. The molecule has 0 radical (unpaired) electrons. The second-order valence-electron chi connectivity index (χ2n) is 4.82. The molecule has 2 aliphatic heterocycles. The van der Waals surface area contributed by atoms with Crippen molar-refractivity contribution in [2.75, 3.05) is 32.9 Å². The number of rotatable bonds is 4. The predicted molar refractivity (Wildman–Crippen MR) is 66.2 cm³/mol. The van der Waals surface area contributed by atoms with Gasteiger partial charge in [0.05, 0.1) is 19.8 Å². The fourth-order valence-corrected chi connectivity index (χ4v) is 2.77. The van der Waals surface area contributed by atoms with E-state index in [1.165, 1.54) is 0 Å². The summed E-state index contributed by atoms with van der Waals surface area (Å²) in [6.07, 6.45) is 2.46. The predicted octanol–water partition coefficient (Wildman–Crippen LogP) is 1.17. The van der Waals surface area contributed by atoms with Crippen molar-refractivity contribution in [3.8, 4) is 0 Å². The molecule has 2 aliphatic rings. The van der Waals surface area contributed by atoms with Crippen molar-refractivity contribution < 1.29 is 19.0 Å². The van der Waals surface area contributed by atoms with Crippen molar-refractivity contribution in [2.45, 2.75) is 44.9 Å². The van der Waals surface area contributed by atoms with Crippen molar-refractivity contribution in [3.63, 3.8) is 0 Å². The molecule has 1 atom stereocenters. The molecule has 5 heteroatoms. The number of carbonyl (C=O) groups is 1. The van der Waals surface area contributed by atoms with E-state index in [9.17, 15) is 4.79 Å². The van der Waals surface area contributed by atoms with Crippen LogP contribution in [0.3, 0.4) is 0 Å². The Morgan fingerprint density at radius 2 is 1.89 bits per heavy atom. The third-order valence-corrected chi connectivity index (χ3v) is 3.76. The lowest BCUT2D eigenvalue weighted by atomic mass is 10.0. The van der Waals surface area contributed by atoms with Crippen LogP contribution in [0.15, 0.2) is 0 Å². The smallest absolute Gasteiger partial charge is 0.323 e. The van der Waals surface area contributed by atoms with Gasteiger partial charge in [-0.15, -0.1) is 0 Å². The van der Waals surface area contributed by atoms with Crippen molar-refractivity contribution in [3.05, 3.63) is 0 Å². The largest absolute Gasteiger partial charge is 0.465 e. The number of likely N-dealkylation sites (tertiary alicyclic amines) is 1. The molecule has 0 aromatic heterocycles. The summed E-state index contributed by atoms with van der Waals surface area (Å²) in [4.78, 5) is 14.0. The Bertz CT molecular complexity index is 279. The van der Waals surface area contributed by atoms with Crippen LogP contribution in [0.25, 0.3) is 0 Å². The lowest BCUT2D eigenvalue weighted by molar-refractivity contribution is -0.191. The second kappa shape index (κ2) is 5.99. The van der Waals surface area contributed by atoms with Gasteiger partial charge in [0.25, 0.3) is 0 Å². The average Bonchev–Trinajstić information content (AvgIpc) is 2.82. The van der Waals surface area contributed by atoms with E-state index >= 15 is 0 Å². The molecule has 2 fully saturated rings. The van der Waals surface area contributed by atoms with E-state index in [1.54, 1.807) is 0 Å². The van der Waals surface area contributed by atoms with E-state index < -0.39 is 0 Å². The monoisotopic (exact) mass is 257 g/mol. The standard InChI is InChI=1S/C13H23NO4/c1-3-11(12(15)16-4-2)14-7-5-13(6-8-14)17-9-10-18-13/h11H,3-10H2,1-2H3. The van der Waals surface area contributed by atoms with Gasteiger partial charge in [-0.2, -0.15) is 0 Å². The third kappa shape index (κ3) is 2.84. The lowest BCUT2D eigenvalue weighted by Gasteiger charge is -2.40. The number of nitrogens with zero attached hydrogens (tertiary/aromatic N) is 1. The summed E-state index contributed by atoms with van der Waals surface area (Å²) in [5.74, 6) is -0.479. The minimum Gasteiger partial charge on any atom is -0.465 e. The number of carbonyl (C=O) groups excluding carboxylic acids is 1. The van der Waals surface area contributed by atoms with Gasteiger partial charge in [0.2, 0.25) is 0 Å². The fraction of sp³-hybridized carbons (Fsp3) is 0.923. The summed E-state index contributed by atoms with van der Waals surface area (Å²) in [5.41, 5.74) is 0. The van der Waals surface area contributed by atoms with Crippen LogP contribution in [0.5, 0.6) is 0 Å². The van der Waals surface area contributed by atoms with E-state index in [0.717, 1.165) is 32.4 Å².